The van der Waals surface area contributed by atoms with Crippen LogP contribution in [0.25, 0.3) is 0 Å². The Balaban J connectivity index is 1.51. The molecule has 0 radical (unpaired) electrons. The number of aromatic nitrogens is 1. The summed E-state index contributed by atoms with van der Waals surface area (Å²) in [5.74, 6) is 0.330. The van der Waals surface area contributed by atoms with Crippen molar-refractivity contribution in [1.82, 2.24) is 9.88 Å². The van der Waals surface area contributed by atoms with Gasteiger partial charge in [-0.3, -0.25) is 9.78 Å². The number of halogens is 1. The Labute approximate surface area is 154 Å². The normalized spacial score (nSPS) is 20.7. The number of pyridine rings is 1. The smallest absolute Gasteiger partial charge is 0.226 e. The fraction of sp³-hybridized carbons (Fsp3) is 0.455. The molecular weight excluding hydrogens is 327 g/mol. The van der Waals surface area contributed by atoms with Gasteiger partial charge in [-0.05, 0) is 55.5 Å². The number of carbonyl (C=O) groups is 1. The Bertz CT molecular complexity index is 768. The SMILES string of the molecule is O=C(C1CCCC1)N1CCC[C@H]1c1cccc(Cc2ccc(F)cc2)n1. The summed E-state index contributed by atoms with van der Waals surface area (Å²) in [6.07, 6.45) is 7.16. The lowest BCUT2D eigenvalue weighted by molar-refractivity contribution is -0.136. The molecule has 1 aromatic carbocycles. The predicted octanol–water partition coefficient (Wildman–Crippen LogP) is 4.67. The number of benzene rings is 1. The largest absolute Gasteiger partial charge is 0.334 e. The van der Waals surface area contributed by atoms with Crippen molar-refractivity contribution in [3.63, 3.8) is 0 Å². The van der Waals surface area contributed by atoms with Crippen molar-refractivity contribution in [1.29, 1.82) is 0 Å². The fourth-order valence-corrected chi connectivity index (χ4v) is 4.34. The highest BCUT2D eigenvalue weighted by Crippen LogP contribution is 2.35. The quantitative estimate of drug-likeness (QED) is 0.801. The Morgan fingerprint density at radius 1 is 1.04 bits per heavy atom. The minimum atomic E-state index is -0.220. The molecule has 1 aliphatic heterocycles. The van der Waals surface area contributed by atoms with E-state index in [1.807, 2.05) is 18.2 Å². The Morgan fingerprint density at radius 3 is 2.58 bits per heavy atom. The van der Waals surface area contributed by atoms with Crippen LogP contribution in [-0.4, -0.2) is 22.3 Å². The van der Waals surface area contributed by atoms with E-state index in [9.17, 15) is 9.18 Å². The molecule has 0 N–H and O–H groups in total. The van der Waals surface area contributed by atoms with Crippen molar-refractivity contribution in [3.05, 3.63) is 65.2 Å². The summed E-state index contributed by atoms with van der Waals surface area (Å²) in [7, 11) is 0. The molecule has 1 saturated carbocycles. The van der Waals surface area contributed by atoms with E-state index in [2.05, 4.69) is 4.90 Å². The van der Waals surface area contributed by atoms with Gasteiger partial charge in [-0.2, -0.15) is 0 Å². The van der Waals surface area contributed by atoms with Crippen LogP contribution in [0, 0.1) is 11.7 Å². The van der Waals surface area contributed by atoms with Gasteiger partial charge >= 0.3 is 0 Å². The molecule has 1 amide bonds. The molecule has 0 bridgehead atoms. The van der Waals surface area contributed by atoms with Crippen molar-refractivity contribution in [2.24, 2.45) is 5.92 Å². The number of nitrogens with zero attached hydrogens (tertiary/aromatic N) is 2. The first kappa shape index (κ1) is 17.2. The maximum atomic E-state index is 13.1. The van der Waals surface area contributed by atoms with Crippen LogP contribution in [0.4, 0.5) is 4.39 Å². The summed E-state index contributed by atoms with van der Waals surface area (Å²) in [5.41, 5.74) is 3.00. The highest BCUT2D eigenvalue weighted by Gasteiger charge is 2.35. The van der Waals surface area contributed by atoms with Gasteiger partial charge in [0.1, 0.15) is 5.82 Å². The topological polar surface area (TPSA) is 33.2 Å². The average molecular weight is 352 g/mol. The second kappa shape index (κ2) is 7.56. The van der Waals surface area contributed by atoms with Gasteiger partial charge in [0.15, 0.2) is 0 Å². The maximum absolute atomic E-state index is 13.1. The highest BCUT2D eigenvalue weighted by molar-refractivity contribution is 5.79. The monoisotopic (exact) mass is 352 g/mol. The third-order valence-corrected chi connectivity index (χ3v) is 5.71. The van der Waals surface area contributed by atoms with Crippen LogP contribution in [0.2, 0.25) is 0 Å². The lowest BCUT2D eigenvalue weighted by atomic mass is 10.0. The van der Waals surface area contributed by atoms with Crippen molar-refractivity contribution < 1.29 is 9.18 Å². The van der Waals surface area contributed by atoms with Crippen molar-refractivity contribution >= 4 is 5.91 Å². The van der Waals surface area contributed by atoms with Crippen LogP contribution in [0.3, 0.4) is 0 Å². The molecule has 1 atom stereocenters. The lowest BCUT2D eigenvalue weighted by Gasteiger charge is -2.27. The third kappa shape index (κ3) is 3.64. The van der Waals surface area contributed by atoms with Gasteiger partial charge in [-0.1, -0.05) is 31.0 Å². The average Bonchev–Trinajstić information content (AvgIpc) is 3.35. The van der Waals surface area contributed by atoms with Crippen LogP contribution >= 0.6 is 0 Å². The minimum absolute atomic E-state index is 0.108. The standard InChI is InChI=1S/C22H25FN2O/c23-18-12-10-16(11-13-18)15-19-7-3-8-20(24-19)21-9-4-14-25(21)22(26)17-5-1-2-6-17/h3,7-8,10-13,17,21H,1-2,4-6,9,14-15H2/t21-/m0/s1. The van der Waals surface area contributed by atoms with Gasteiger partial charge in [0.05, 0.1) is 11.7 Å². The number of likely N-dealkylation sites (tertiary alicyclic amines) is 1. The molecule has 1 aliphatic carbocycles. The van der Waals surface area contributed by atoms with Gasteiger partial charge in [-0.15, -0.1) is 0 Å². The molecule has 0 spiro atoms. The van der Waals surface area contributed by atoms with E-state index in [1.165, 1.54) is 25.0 Å². The molecule has 26 heavy (non-hydrogen) atoms. The molecule has 0 unspecified atom stereocenters. The number of rotatable bonds is 4. The fourth-order valence-electron chi connectivity index (χ4n) is 4.34. The zero-order valence-electron chi connectivity index (χ0n) is 15.0. The molecule has 136 valence electrons. The second-order valence-electron chi connectivity index (χ2n) is 7.53. The van der Waals surface area contributed by atoms with E-state index in [0.29, 0.717) is 12.3 Å². The van der Waals surface area contributed by atoms with E-state index in [1.54, 1.807) is 12.1 Å². The van der Waals surface area contributed by atoms with Gasteiger partial charge in [0.2, 0.25) is 5.91 Å². The zero-order valence-corrected chi connectivity index (χ0v) is 15.0. The predicted molar refractivity (Wildman–Crippen MR) is 99.1 cm³/mol. The van der Waals surface area contributed by atoms with E-state index in [-0.39, 0.29) is 17.8 Å². The van der Waals surface area contributed by atoms with Gasteiger partial charge in [0.25, 0.3) is 0 Å². The van der Waals surface area contributed by atoms with E-state index in [4.69, 9.17) is 4.98 Å². The van der Waals surface area contributed by atoms with Crippen LogP contribution in [0.15, 0.2) is 42.5 Å². The summed E-state index contributed by atoms with van der Waals surface area (Å²) < 4.78 is 13.1. The third-order valence-electron chi connectivity index (χ3n) is 5.71. The van der Waals surface area contributed by atoms with Crippen LogP contribution in [0.5, 0.6) is 0 Å². The van der Waals surface area contributed by atoms with E-state index in [0.717, 1.165) is 49.2 Å². The number of carbonyl (C=O) groups excluding carboxylic acids is 1. The molecule has 4 heteroatoms. The van der Waals surface area contributed by atoms with Crippen molar-refractivity contribution in [3.8, 4) is 0 Å². The number of hydrogen-bond donors (Lipinski definition) is 0. The Morgan fingerprint density at radius 2 is 1.81 bits per heavy atom. The molecule has 1 aromatic heterocycles. The summed E-state index contributed by atoms with van der Waals surface area (Å²) >= 11 is 0. The molecule has 2 aliphatic rings. The van der Waals surface area contributed by atoms with Gasteiger partial charge in [-0.25, -0.2) is 4.39 Å². The Kier molecular flexibility index (Phi) is 5.00. The first-order chi connectivity index (χ1) is 12.7. The molecule has 2 fully saturated rings. The van der Waals surface area contributed by atoms with Crippen LogP contribution in [-0.2, 0) is 11.2 Å². The summed E-state index contributed by atoms with van der Waals surface area (Å²) in [5, 5.41) is 0. The molecular formula is C22H25FN2O. The van der Waals surface area contributed by atoms with E-state index < -0.39 is 0 Å². The van der Waals surface area contributed by atoms with Gasteiger partial charge < -0.3 is 4.90 Å². The van der Waals surface area contributed by atoms with Gasteiger partial charge in [0, 0.05) is 24.6 Å². The minimum Gasteiger partial charge on any atom is -0.334 e. The molecule has 4 rings (SSSR count). The van der Waals surface area contributed by atoms with E-state index >= 15 is 0 Å². The second-order valence-corrected chi connectivity index (χ2v) is 7.53. The van der Waals surface area contributed by atoms with Crippen LogP contribution < -0.4 is 0 Å². The first-order valence-corrected chi connectivity index (χ1v) is 9.71. The molecule has 2 heterocycles. The lowest BCUT2D eigenvalue weighted by Crippen LogP contribution is -2.35. The summed E-state index contributed by atoms with van der Waals surface area (Å²) in [4.78, 5) is 19.8. The summed E-state index contributed by atoms with van der Waals surface area (Å²) in [6, 6.07) is 12.7. The maximum Gasteiger partial charge on any atom is 0.226 e. The summed E-state index contributed by atoms with van der Waals surface area (Å²) in [6.45, 7) is 0.851. The first-order valence-electron chi connectivity index (χ1n) is 9.71. The van der Waals surface area contributed by atoms with Crippen LogP contribution in [0.1, 0.15) is 61.5 Å². The molecule has 1 saturated heterocycles. The van der Waals surface area contributed by atoms with Crippen molar-refractivity contribution in [2.45, 2.75) is 51.0 Å². The van der Waals surface area contributed by atoms with Crippen molar-refractivity contribution in [2.75, 3.05) is 6.54 Å². The number of amides is 1. The highest BCUT2D eigenvalue weighted by atomic mass is 19.1. The number of hydrogen-bond acceptors (Lipinski definition) is 2. The molecule has 2 aromatic rings. The molecule has 3 nitrogen and oxygen atoms in total. The zero-order chi connectivity index (χ0) is 17.9. The Hall–Kier alpha value is -2.23.